The number of aliphatic hydroxyl groups excluding tert-OH is 1. The van der Waals surface area contributed by atoms with E-state index in [0.717, 1.165) is 48.8 Å². The topological polar surface area (TPSA) is 98.0 Å². The molecule has 3 N–H and O–H groups in total. The molecule has 0 saturated carbocycles. The number of amides is 1. The lowest BCUT2D eigenvalue weighted by atomic mass is 10.1. The zero-order chi connectivity index (χ0) is 27.8. The van der Waals surface area contributed by atoms with Gasteiger partial charge in [-0.15, -0.1) is 0 Å². The summed E-state index contributed by atoms with van der Waals surface area (Å²) >= 11 is 6.06. The van der Waals surface area contributed by atoms with Gasteiger partial charge in [0.25, 0.3) is 5.91 Å². The van der Waals surface area contributed by atoms with Crippen molar-refractivity contribution in [3.63, 3.8) is 0 Å². The second kappa shape index (κ2) is 13.4. The number of aromatic nitrogens is 2. The number of halogens is 1. The highest BCUT2D eigenvalue weighted by atomic mass is 35.5. The summed E-state index contributed by atoms with van der Waals surface area (Å²) in [6.45, 7) is 12.8. The van der Waals surface area contributed by atoms with Crippen molar-refractivity contribution < 1.29 is 9.90 Å². The minimum atomic E-state index is -0.349. The van der Waals surface area contributed by atoms with Gasteiger partial charge in [-0.1, -0.05) is 23.7 Å². The van der Waals surface area contributed by atoms with Crippen LogP contribution in [0.1, 0.15) is 25.6 Å². The molecule has 0 spiro atoms. The Kier molecular flexibility index (Phi) is 9.75. The molecule has 9 nitrogen and oxygen atoms in total. The van der Waals surface area contributed by atoms with E-state index in [9.17, 15) is 4.79 Å². The van der Waals surface area contributed by atoms with E-state index in [0.29, 0.717) is 23.8 Å². The highest BCUT2D eigenvalue weighted by Gasteiger charge is 2.17. The highest BCUT2D eigenvalue weighted by Crippen LogP contribution is 2.26. The van der Waals surface area contributed by atoms with Gasteiger partial charge < -0.3 is 25.2 Å². The fourth-order valence-corrected chi connectivity index (χ4v) is 4.73. The maximum atomic E-state index is 12.9. The Bertz CT molecular complexity index is 1280. The first-order valence-corrected chi connectivity index (χ1v) is 13.5. The Labute approximate surface area is 234 Å². The molecule has 0 aliphatic carbocycles. The van der Waals surface area contributed by atoms with E-state index in [1.165, 1.54) is 0 Å². The number of aliphatic imine (C=N–C) groups is 1. The lowest BCUT2D eigenvalue weighted by Crippen LogP contribution is -2.47. The summed E-state index contributed by atoms with van der Waals surface area (Å²) in [6.07, 6.45) is 3.40. The number of nitrogens with zero attached hydrogens (tertiary/aromatic N) is 5. The molecule has 3 aromatic rings. The van der Waals surface area contributed by atoms with Gasteiger partial charge in [0.15, 0.2) is 0 Å². The maximum absolute atomic E-state index is 12.9. The highest BCUT2D eigenvalue weighted by molar-refractivity contribution is 6.30. The van der Waals surface area contributed by atoms with Crippen LogP contribution >= 0.6 is 11.6 Å². The molecule has 1 amide bonds. The zero-order valence-corrected chi connectivity index (χ0v) is 23.2. The molecule has 1 fully saturated rings. The largest absolute Gasteiger partial charge is 0.395 e. The van der Waals surface area contributed by atoms with Crippen molar-refractivity contribution in [3.05, 3.63) is 77.5 Å². The SMILES string of the molecule is C=N/C(=C\NCc1c(-c2ccc(Cl)cc2)ncn1C(C)C)C(=O)Nc1ccc(N2CCN(CCO)CC2)cc1. The maximum Gasteiger partial charge on any atom is 0.275 e. The van der Waals surface area contributed by atoms with Crippen LogP contribution in [0.3, 0.4) is 0 Å². The molecule has 0 bridgehead atoms. The third-order valence-electron chi connectivity index (χ3n) is 6.76. The van der Waals surface area contributed by atoms with E-state index in [1.807, 2.05) is 54.9 Å². The number of hydrogen-bond acceptors (Lipinski definition) is 7. The molecule has 1 aliphatic rings. The summed E-state index contributed by atoms with van der Waals surface area (Å²) in [4.78, 5) is 26.0. The minimum Gasteiger partial charge on any atom is -0.395 e. The van der Waals surface area contributed by atoms with E-state index in [1.54, 1.807) is 6.20 Å². The van der Waals surface area contributed by atoms with Crippen molar-refractivity contribution in [2.45, 2.75) is 26.4 Å². The predicted molar refractivity (Wildman–Crippen MR) is 158 cm³/mol. The summed E-state index contributed by atoms with van der Waals surface area (Å²) in [6, 6.07) is 15.6. The Hall–Kier alpha value is -3.66. The molecular formula is C29H36ClN7O2. The summed E-state index contributed by atoms with van der Waals surface area (Å²) < 4.78 is 2.10. The van der Waals surface area contributed by atoms with Gasteiger partial charge in [-0.25, -0.2) is 4.98 Å². The van der Waals surface area contributed by atoms with Gasteiger partial charge in [0.2, 0.25) is 0 Å². The van der Waals surface area contributed by atoms with Gasteiger partial charge in [-0.05, 0) is 57.0 Å². The van der Waals surface area contributed by atoms with Crippen LogP contribution in [0, 0.1) is 0 Å². The lowest BCUT2D eigenvalue weighted by molar-refractivity contribution is -0.112. The van der Waals surface area contributed by atoms with Gasteiger partial charge in [0.1, 0.15) is 5.70 Å². The van der Waals surface area contributed by atoms with Crippen molar-refractivity contribution in [3.8, 4) is 11.3 Å². The molecule has 39 heavy (non-hydrogen) atoms. The average Bonchev–Trinajstić information content (AvgIpc) is 3.37. The second-order valence-corrected chi connectivity index (χ2v) is 10.1. The third-order valence-corrected chi connectivity index (χ3v) is 7.01. The quantitative estimate of drug-likeness (QED) is 0.245. The van der Waals surface area contributed by atoms with Crippen LogP contribution < -0.4 is 15.5 Å². The third kappa shape index (κ3) is 7.26. The molecule has 0 radical (unpaired) electrons. The number of carbonyl (C=O) groups excluding carboxylic acids is 1. The number of β-amino-alcohol motifs (C(OH)–C–C–N with tert-alkyl or cyclic N) is 1. The molecular weight excluding hydrogens is 514 g/mol. The van der Waals surface area contributed by atoms with Crippen LogP contribution in [0.4, 0.5) is 11.4 Å². The first-order valence-electron chi connectivity index (χ1n) is 13.1. The first-order chi connectivity index (χ1) is 18.9. The number of nitrogens with one attached hydrogen (secondary N) is 2. The fraction of sp³-hybridized carbons (Fsp3) is 0.345. The van der Waals surface area contributed by atoms with Gasteiger partial charge >= 0.3 is 0 Å². The molecule has 1 aromatic heterocycles. The predicted octanol–water partition coefficient (Wildman–Crippen LogP) is 4.17. The monoisotopic (exact) mass is 549 g/mol. The van der Waals surface area contributed by atoms with Crippen LogP contribution in [-0.4, -0.2) is 71.5 Å². The fourth-order valence-electron chi connectivity index (χ4n) is 4.60. The Morgan fingerprint density at radius 2 is 1.82 bits per heavy atom. The van der Waals surface area contributed by atoms with Crippen molar-refractivity contribution in [1.82, 2.24) is 19.8 Å². The lowest BCUT2D eigenvalue weighted by Gasteiger charge is -2.35. The van der Waals surface area contributed by atoms with Crippen molar-refractivity contribution in [2.75, 3.05) is 49.5 Å². The number of piperazine rings is 1. The first kappa shape index (κ1) is 28.4. The number of carbonyl (C=O) groups is 1. The van der Waals surface area contributed by atoms with Gasteiger partial charge in [0, 0.05) is 66.9 Å². The number of rotatable bonds is 11. The van der Waals surface area contributed by atoms with E-state index in [-0.39, 0.29) is 24.3 Å². The summed E-state index contributed by atoms with van der Waals surface area (Å²) in [7, 11) is 0. The summed E-state index contributed by atoms with van der Waals surface area (Å²) in [5.74, 6) is -0.349. The standard InChI is InChI=1S/C29H36ClN7O2/c1-21(2)37-20-33-28(22-4-6-23(30)7-5-22)27(37)19-32-18-26(31-3)29(39)34-24-8-10-25(11-9-24)36-14-12-35(13-15-36)16-17-38/h4-11,18,20-21,32,38H,3,12-17,19H2,1-2H3,(H,34,39)/b26-18-. The Balaban J connectivity index is 1.38. The normalized spacial score (nSPS) is 14.5. The summed E-state index contributed by atoms with van der Waals surface area (Å²) in [5, 5.41) is 15.9. The number of aliphatic hydroxyl groups is 1. The number of imidazole rings is 1. The molecule has 2 aromatic carbocycles. The smallest absolute Gasteiger partial charge is 0.275 e. The molecule has 1 aliphatic heterocycles. The van der Waals surface area contributed by atoms with Crippen LogP contribution in [0.15, 0.2) is 71.7 Å². The van der Waals surface area contributed by atoms with Gasteiger partial charge in [0.05, 0.1) is 30.9 Å². The van der Waals surface area contributed by atoms with E-state index >= 15 is 0 Å². The van der Waals surface area contributed by atoms with Gasteiger partial charge in [-0.3, -0.25) is 14.7 Å². The molecule has 0 atom stereocenters. The molecule has 2 heterocycles. The molecule has 4 rings (SSSR count). The van der Waals surface area contributed by atoms with Crippen LogP contribution in [0.2, 0.25) is 5.02 Å². The summed E-state index contributed by atoms with van der Waals surface area (Å²) in [5.41, 5.74) is 4.78. The van der Waals surface area contributed by atoms with Gasteiger partial charge in [-0.2, -0.15) is 0 Å². The average molecular weight is 550 g/mol. The van der Waals surface area contributed by atoms with Crippen LogP contribution in [-0.2, 0) is 11.3 Å². The molecule has 10 heteroatoms. The second-order valence-electron chi connectivity index (χ2n) is 9.67. The van der Waals surface area contributed by atoms with Crippen LogP contribution in [0.5, 0.6) is 0 Å². The van der Waals surface area contributed by atoms with E-state index in [2.05, 4.69) is 55.5 Å². The molecule has 206 valence electrons. The molecule has 1 saturated heterocycles. The Morgan fingerprint density at radius 3 is 2.44 bits per heavy atom. The minimum absolute atomic E-state index is 0.183. The van der Waals surface area contributed by atoms with E-state index in [4.69, 9.17) is 16.7 Å². The number of hydrogen-bond donors (Lipinski definition) is 3. The zero-order valence-electron chi connectivity index (χ0n) is 22.5. The van der Waals surface area contributed by atoms with Crippen molar-refractivity contribution in [2.24, 2.45) is 4.99 Å². The van der Waals surface area contributed by atoms with Crippen molar-refractivity contribution >= 4 is 35.6 Å². The number of anilines is 2. The Morgan fingerprint density at radius 1 is 1.13 bits per heavy atom. The van der Waals surface area contributed by atoms with Crippen LogP contribution in [0.25, 0.3) is 11.3 Å². The van der Waals surface area contributed by atoms with Crippen molar-refractivity contribution in [1.29, 1.82) is 0 Å². The number of benzene rings is 2. The molecule has 0 unspecified atom stereocenters. The van der Waals surface area contributed by atoms with E-state index < -0.39 is 0 Å².